The van der Waals surface area contributed by atoms with Gasteiger partial charge in [0.15, 0.2) is 8.32 Å². The summed E-state index contributed by atoms with van der Waals surface area (Å²) in [4.78, 5) is 4.35. The van der Waals surface area contributed by atoms with Gasteiger partial charge in [-0.05, 0) is 25.1 Å². The van der Waals surface area contributed by atoms with E-state index in [0.29, 0.717) is 6.61 Å². The molecule has 2 heterocycles. The molecule has 0 unspecified atom stereocenters. The van der Waals surface area contributed by atoms with Crippen molar-refractivity contribution in [1.82, 2.24) is 4.98 Å². The molecule has 4 heteroatoms. The second-order valence-corrected chi connectivity index (χ2v) is 12.5. The van der Waals surface area contributed by atoms with Crippen molar-refractivity contribution in [2.24, 2.45) is 0 Å². The van der Waals surface area contributed by atoms with E-state index in [-0.39, 0.29) is 5.04 Å². The Hall–Kier alpha value is -1.15. The Morgan fingerprint density at radius 2 is 2.00 bits per heavy atom. The Bertz CT molecular complexity index is 701. The first-order chi connectivity index (χ1) is 9.76. The van der Waals surface area contributed by atoms with E-state index in [2.05, 4.69) is 56.1 Å². The number of fused-ring (bicyclic) bond motifs is 1. The average molecular weight is 318 g/mol. The van der Waals surface area contributed by atoms with E-state index in [9.17, 15) is 0 Å². The number of rotatable bonds is 3. The molecule has 0 atom stereocenters. The third kappa shape index (κ3) is 3.37. The number of hydrogen-bond donors (Lipinski definition) is 0. The minimum atomic E-state index is -1.75. The topological polar surface area (TPSA) is 22.1 Å². The maximum Gasteiger partial charge on any atom is 0.192 e. The van der Waals surface area contributed by atoms with Gasteiger partial charge in [-0.15, -0.1) is 17.3 Å². The van der Waals surface area contributed by atoms with Gasteiger partial charge < -0.3 is 4.43 Å². The first-order valence-corrected chi connectivity index (χ1v) is 11.0. The number of thiophene rings is 1. The lowest BCUT2D eigenvalue weighted by molar-refractivity contribution is 0.277. The van der Waals surface area contributed by atoms with Crippen LogP contribution in [0.5, 0.6) is 0 Å². The average Bonchev–Trinajstić information content (AvgIpc) is 2.80. The van der Waals surface area contributed by atoms with Crippen molar-refractivity contribution >= 4 is 29.7 Å². The van der Waals surface area contributed by atoms with Gasteiger partial charge in [0.2, 0.25) is 0 Å². The van der Waals surface area contributed by atoms with E-state index in [0.717, 1.165) is 11.1 Å². The summed E-state index contributed by atoms with van der Waals surface area (Å²) in [5.41, 5.74) is 2.24. The van der Waals surface area contributed by atoms with Gasteiger partial charge in [-0.25, -0.2) is 0 Å². The molecule has 0 spiro atoms. The SMILES string of the molecule is CC#Cc1csc2cncc(CO[Si](C)(C)C(C)(C)C)c12. The molecule has 0 amide bonds. The molecular weight excluding hydrogens is 294 g/mol. The monoisotopic (exact) mass is 317 g/mol. The van der Waals surface area contributed by atoms with Gasteiger partial charge in [-0.3, -0.25) is 4.98 Å². The van der Waals surface area contributed by atoms with Crippen LogP contribution < -0.4 is 0 Å². The van der Waals surface area contributed by atoms with Gasteiger partial charge in [0.25, 0.3) is 0 Å². The third-order valence-electron chi connectivity index (χ3n) is 4.22. The smallest absolute Gasteiger partial charge is 0.192 e. The predicted molar refractivity (Wildman–Crippen MR) is 94.2 cm³/mol. The van der Waals surface area contributed by atoms with Crippen molar-refractivity contribution in [2.45, 2.75) is 52.4 Å². The van der Waals surface area contributed by atoms with Crippen molar-refractivity contribution in [2.75, 3.05) is 0 Å². The third-order valence-corrected chi connectivity index (χ3v) is 9.61. The van der Waals surface area contributed by atoms with Crippen LogP contribution in [-0.2, 0) is 11.0 Å². The lowest BCUT2D eigenvalue weighted by Gasteiger charge is -2.36. The molecule has 0 aliphatic heterocycles. The maximum atomic E-state index is 6.35. The van der Waals surface area contributed by atoms with E-state index in [4.69, 9.17) is 4.43 Å². The number of hydrogen-bond acceptors (Lipinski definition) is 3. The van der Waals surface area contributed by atoms with Crippen molar-refractivity contribution in [3.63, 3.8) is 0 Å². The molecule has 0 bridgehead atoms. The number of nitrogens with zero attached hydrogens (tertiary/aromatic N) is 1. The summed E-state index contributed by atoms with van der Waals surface area (Å²) in [7, 11) is -1.75. The van der Waals surface area contributed by atoms with E-state index < -0.39 is 8.32 Å². The summed E-state index contributed by atoms with van der Waals surface area (Å²) in [5, 5.41) is 3.54. The molecule has 0 fully saturated rings. The number of pyridine rings is 1. The fourth-order valence-electron chi connectivity index (χ4n) is 1.87. The Labute approximate surface area is 132 Å². The van der Waals surface area contributed by atoms with Gasteiger partial charge in [0.05, 0.1) is 11.3 Å². The van der Waals surface area contributed by atoms with Crippen molar-refractivity contribution in [1.29, 1.82) is 0 Å². The molecule has 0 saturated carbocycles. The van der Waals surface area contributed by atoms with Gasteiger partial charge in [0.1, 0.15) is 0 Å². The Morgan fingerprint density at radius 3 is 2.62 bits per heavy atom. The minimum absolute atomic E-state index is 0.217. The molecule has 2 rings (SSSR count). The highest BCUT2D eigenvalue weighted by Gasteiger charge is 2.37. The molecule has 112 valence electrons. The molecule has 0 aliphatic rings. The maximum absolute atomic E-state index is 6.35. The normalized spacial score (nSPS) is 12.3. The van der Waals surface area contributed by atoms with Crippen molar-refractivity contribution in [3.05, 3.63) is 28.9 Å². The van der Waals surface area contributed by atoms with E-state index in [1.165, 1.54) is 10.1 Å². The molecule has 0 N–H and O–H groups in total. The van der Waals surface area contributed by atoms with Crippen molar-refractivity contribution < 1.29 is 4.43 Å². The lowest BCUT2D eigenvalue weighted by atomic mass is 10.1. The van der Waals surface area contributed by atoms with Gasteiger partial charge >= 0.3 is 0 Å². The lowest BCUT2D eigenvalue weighted by Crippen LogP contribution is -2.40. The largest absolute Gasteiger partial charge is 0.412 e. The quantitative estimate of drug-likeness (QED) is 0.574. The molecule has 0 aliphatic carbocycles. The van der Waals surface area contributed by atoms with Crippen LogP contribution in [0.2, 0.25) is 18.1 Å². The zero-order chi connectivity index (χ0) is 15.7. The molecule has 2 aromatic heterocycles. The molecule has 2 aromatic rings. The van der Waals surface area contributed by atoms with Crippen LogP contribution in [-0.4, -0.2) is 13.3 Å². The summed E-state index contributed by atoms with van der Waals surface area (Å²) in [6.07, 6.45) is 3.83. The van der Waals surface area contributed by atoms with Crippen LogP contribution in [0.3, 0.4) is 0 Å². The highest BCUT2D eigenvalue weighted by atomic mass is 32.1. The standard InChI is InChI=1S/C17H23NOSSi/c1-7-8-13-12-20-15-10-18-9-14(16(13)15)11-19-21(5,6)17(2,3)4/h9-10,12H,11H2,1-6H3. The summed E-state index contributed by atoms with van der Waals surface area (Å²) in [5.74, 6) is 6.18. The fraction of sp³-hybridized carbons (Fsp3) is 0.471. The first-order valence-electron chi connectivity index (χ1n) is 7.17. The first kappa shape index (κ1) is 16.2. The van der Waals surface area contributed by atoms with Crippen LogP contribution in [0.4, 0.5) is 0 Å². The van der Waals surface area contributed by atoms with E-state index in [1.54, 1.807) is 11.3 Å². The van der Waals surface area contributed by atoms with E-state index >= 15 is 0 Å². The fourth-order valence-corrected chi connectivity index (χ4v) is 3.72. The zero-order valence-corrected chi connectivity index (χ0v) is 15.5. The van der Waals surface area contributed by atoms with E-state index in [1.807, 2.05) is 19.3 Å². The van der Waals surface area contributed by atoms with Crippen molar-refractivity contribution in [3.8, 4) is 11.8 Å². The molecule has 2 nitrogen and oxygen atoms in total. The van der Waals surface area contributed by atoms with Crippen LogP contribution in [0.15, 0.2) is 17.8 Å². The summed E-state index contributed by atoms with van der Waals surface area (Å²) in [6, 6.07) is 0. The van der Waals surface area contributed by atoms with Crippen LogP contribution >= 0.6 is 11.3 Å². The minimum Gasteiger partial charge on any atom is -0.412 e. The predicted octanol–water partition coefficient (Wildman–Crippen LogP) is 5.19. The highest BCUT2D eigenvalue weighted by molar-refractivity contribution is 7.17. The summed E-state index contributed by atoms with van der Waals surface area (Å²) >= 11 is 1.70. The second-order valence-electron chi connectivity index (χ2n) is 6.75. The number of aromatic nitrogens is 1. The van der Waals surface area contributed by atoms with Crippen LogP contribution in [0.25, 0.3) is 10.1 Å². The molecule has 0 aromatic carbocycles. The van der Waals surface area contributed by atoms with Crippen LogP contribution in [0, 0.1) is 11.8 Å². The second kappa shape index (κ2) is 5.92. The molecule has 0 saturated heterocycles. The Balaban J connectivity index is 2.34. The van der Waals surface area contributed by atoms with Gasteiger partial charge in [-0.2, -0.15) is 0 Å². The van der Waals surface area contributed by atoms with Gasteiger partial charge in [-0.1, -0.05) is 26.7 Å². The summed E-state index contributed by atoms with van der Waals surface area (Å²) in [6.45, 7) is 13.8. The molecule has 21 heavy (non-hydrogen) atoms. The summed E-state index contributed by atoms with van der Waals surface area (Å²) < 4.78 is 7.53. The Morgan fingerprint density at radius 1 is 1.29 bits per heavy atom. The van der Waals surface area contributed by atoms with Gasteiger partial charge in [0, 0.05) is 34.3 Å². The highest BCUT2D eigenvalue weighted by Crippen LogP contribution is 2.37. The molecular formula is C17H23NOSSi. The Kier molecular flexibility index (Phi) is 4.57. The zero-order valence-electron chi connectivity index (χ0n) is 13.7. The molecule has 0 radical (unpaired) electrons. The van der Waals surface area contributed by atoms with Crippen LogP contribution in [0.1, 0.15) is 38.8 Å².